The lowest BCUT2D eigenvalue weighted by Gasteiger charge is -2.36. The number of amides is 1. The van der Waals surface area contributed by atoms with Gasteiger partial charge < -0.3 is 21.7 Å². The van der Waals surface area contributed by atoms with Crippen LogP contribution < -0.4 is 16.8 Å². The Balaban J connectivity index is 2.18. The molecule has 1 heterocycles. The summed E-state index contributed by atoms with van der Waals surface area (Å²) in [4.78, 5) is 13.8. The van der Waals surface area contributed by atoms with Crippen LogP contribution in [0.3, 0.4) is 0 Å². The number of benzene rings is 1. The zero-order chi connectivity index (χ0) is 14.0. The van der Waals surface area contributed by atoms with Crippen molar-refractivity contribution in [3.05, 3.63) is 23.8 Å². The van der Waals surface area contributed by atoms with Crippen molar-refractivity contribution in [1.29, 1.82) is 0 Å². The minimum absolute atomic E-state index is 0.344. The van der Waals surface area contributed by atoms with Gasteiger partial charge in [0.15, 0.2) is 0 Å². The number of nitrogen functional groups attached to an aromatic ring is 1. The van der Waals surface area contributed by atoms with Crippen molar-refractivity contribution in [2.75, 3.05) is 31.2 Å². The zero-order valence-electron chi connectivity index (χ0n) is 11.5. The van der Waals surface area contributed by atoms with Gasteiger partial charge in [-0.25, -0.2) is 0 Å². The number of nitrogens with two attached hydrogens (primary N) is 2. The Morgan fingerprint density at radius 1 is 1.47 bits per heavy atom. The van der Waals surface area contributed by atoms with Gasteiger partial charge in [-0.2, -0.15) is 0 Å². The molecule has 0 saturated carbocycles. The molecule has 5 heteroatoms. The number of anilines is 2. The summed E-state index contributed by atoms with van der Waals surface area (Å²) < 4.78 is 0. The minimum atomic E-state index is -0.428. The Hall–Kier alpha value is -1.75. The van der Waals surface area contributed by atoms with Crippen LogP contribution in [-0.2, 0) is 0 Å². The fourth-order valence-corrected chi connectivity index (χ4v) is 2.66. The molecule has 0 spiro atoms. The predicted octanol–water partition coefficient (Wildman–Crippen LogP) is 1.12. The number of rotatable bonds is 3. The van der Waals surface area contributed by atoms with E-state index in [1.807, 2.05) is 0 Å². The quantitative estimate of drug-likeness (QED) is 0.713. The van der Waals surface area contributed by atoms with Crippen molar-refractivity contribution in [2.45, 2.75) is 19.4 Å². The Kier molecular flexibility index (Phi) is 3.95. The van der Waals surface area contributed by atoms with Gasteiger partial charge in [0.25, 0.3) is 5.91 Å². The van der Waals surface area contributed by atoms with Crippen LogP contribution in [0.5, 0.6) is 0 Å². The third kappa shape index (κ3) is 3.17. The highest BCUT2D eigenvalue weighted by molar-refractivity contribution is 5.99. The molecule has 1 fully saturated rings. The van der Waals surface area contributed by atoms with Crippen LogP contribution in [0, 0.1) is 5.92 Å². The van der Waals surface area contributed by atoms with Gasteiger partial charge in [-0.3, -0.25) is 4.79 Å². The van der Waals surface area contributed by atoms with E-state index in [0.717, 1.165) is 25.2 Å². The maximum absolute atomic E-state index is 11.4. The van der Waals surface area contributed by atoms with Crippen molar-refractivity contribution in [3.8, 4) is 0 Å². The van der Waals surface area contributed by atoms with Gasteiger partial charge >= 0.3 is 0 Å². The van der Waals surface area contributed by atoms with Gasteiger partial charge in [-0.1, -0.05) is 6.92 Å². The van der Waals surface area contributed by atoms with Gasteiger partial charge in [0, 0.05) is 24.0 Å². The summed E-state index contributed by atoms with van der Waals surface area (Å²) in [6, 6.07) is 5.50. The number of nitrogens with one attached hydrogen (secondary N) is 1. The molecule has 2 rings (SSSR count). The van der Waals surface area contributed by atoms with Crippen molar-refractivity contribution in [2.24, 2.45) is 11.7 Å². The lowest BCUT2D eigenvalue weighted by Crippen LogP contribution is -2.43. The first-order valence-corrected chi connectivity index (χ1v) is 6.62. The number of hydrogen-bond acceptors (Lipinski definition) is 4. The van der Waals surface area contributed by atoms with E-state index in [1.54, 1.807) is 18.2 Å². The van der Waals surface area contributed by atoms with Gasteiger partial charge in [-0.15, -0.1) is 0 Å². The number of likely N-dealkylation sites (tertiary alicyclic amines) is 1. The molecule has 5 N–H and O–H groups in total. The molecule has 0 aromatic heterocycles. The molecule has 2 unspecified atom stereocenters. The second-order valence-electron chi connectivity index (χ2n) is 5.45. The third-order valence-corrected chi connectivity index (χ3v) is 3.76. The van der Waals surface area contributed by atoms with Crippen molar-refractivity contribution >= 4 is 17.3 Å². The number of piperidine rings is 1. The first-order valence-electron chi connectivity index (χ1n) is 6.62. The lowest BCUT2D eigenvalue weighted by atomic mass is 9.93. The van der Waals surface area contributed by atoms with Crippen LogP contribution in [0.1, 0.15) is 23.7 Å². The summed E-state index contributed by atoms with van der Waals surface area (Å²) in [5.74, 6) is 0.0870. The van der Waals surface area contributed by atoms with E-state index in [4.69, 9.17) is 11.5 Å². The first kappa shape index (κ1) is 13.7. The predicted molar refractivity (Wildman–Crippen MR) is 78.1 cm³/mol. The summed E-state index contributed by atoms with van der Waals surface area (Å²) in [5.41, 5.74) is 13.1. The van der Waals surface area contributed by atoms with Gasteiger partial charge in [-0.05, 0) is 44.1 Å². The van der Waals surface area contributed by atoms with E-state index < -0.39 is 5.91 Å². The van der Waals surface area contributed by atoms with Crippen LogP contribution in [0.15, 0.2) is 18.2 Å². The molecule has 1 aliphatic heterocycles. The van der Waals surface area contributed by atoms with Crippen molar-refractivity contribution < 1.29 is 4.79 Å². The number of primary amides is 1. The van der Waals surface area contributed by atoms with Crippen molar-refractivity contribution in [3.63, 3.8) is 0 Å². The average molecular weight is 262 g/mol. The zero-order valence-corrected chi connectivity index (χ0v) is 11.5. The molecule has 1 saturated heterocycles. The van der Waals surface area contributed by atoms with Crippen LogP contribution in [0.4, 0.5) is 11.4 Å². The van der Waals surface area contributed by atoms with E-state index in [1.165, 1.54) is 0 Å². The first-order chi connectivity index (χ1) is 8.97. The van der Waals surface area contributed by atoms with Crippen molar-refractivity contribution in [1.82, 2.24) is 4.90 Å². The molecule has 0 aliphatic carbocycles. The molecule has 1 aromatic carbocycles. The minimum Gasteiger partial charge on any atom is -0.399 e. The number of nitrogens with zero attached hydrogens (tertiary/aromatic N) is 1. The topological polar surface area (TPSA) is 84.4 Å². The smallest absolute Gasteiger partial charge is 0.250 e. The van der Waals surface area contributed by atoms with Crippen LogP contribution in [0.25, 0.3) is 0 Å². The molecule has 1 aliphatic rings. The molecule has 0 radical (unpaired) electrons. The lowest BCUT2D eigenvalue weighted by molar-refractivity contribution is 0.100. The summed E-state index contributed by atoms with van der Waals surface area (Å²) in [7, 11) is 2.13. The number of hydrogen-bond donors (Lipinski definition) is 3. The Morgan fingerprint density at radius 3 is 2.84 bits per heavy atom. The molecular formula is C14H22N4O. The monoisotopic (exact) mass is 262 g/mol. The Morgan fingerprint density at radius 2 is 2.21 bits per heavy atom. The summed E-state index contributed by atoms with van der Waals surface area (Å²) in [5, 5.41) is 3.43. The summed E-state index contributed by atoms with van der Waals surface area (Å²) in [6.45, 7) is 4.31. The third-order valence-electron chi connectivity index (χ3n) is 3.76. The molecule has 19 heavy (non-hydrogen) atoms. The molecule has 2 atom stereocenters. The van der Waals surface area contributed by atoms with E-state index >= 15 is 0 Å². The highest BCUT2D eigenvalue weighted by Gasteiger charge is 2.25. The average Bonchev–Trinajstić information content (AvgIpc) is 2.32. The fraction of sp³-hybridized carbons (Fsp3) is 0.500. The van der Waals surface area contributed by atoms with E-state index in [0.29, 0.717) is 23.2 Å². The Labute approximate surface area is 113 Å². The van der Waals surface area contributed by atoms with Crippen LogP contribution in [-0.4, -0.2) is 37.0 Å². The van der Waals surface area contributed by atoms with Gasteiger partial charge in [0.05, 0.1) is 5.56 Å². The van der Waals surface area contributed by atoms with Gasteiger partial charge in [0.1, 0.15) is 0 Å². The molecular weight excluding hydrogens is 240 g/mol. The second kappa shape index (κ2) is 5.48. The van der Waals surface area contributed by atoms with E-state index in [-0.39, 0.29) is 0 Å². The normalized spacial score (nSPS) is 24.1. The molecule has 1 aromatic rings. The van der Waals surface area contributed by atoms with E-state index in [2.05, 4.69) is 24.2 Å². The molecule has 0 bridgehead atoms. The Bertz CT molecular complexity index is 475. The maximum atomic E-state index is 11.4. The van der Waals surface area contributed by atoms with E-state index in [9.17, 15) is 4.79 Å². The van der Waals surface area contributed by atoms with Crippen LogP contribution >= 0.6 is 0 Å². The van der Waals surface area contributed by atoms with Gasteiger partial charge in [0.2, 0.25) is 0 Å². The molecule has 1 amide bonds. The molecule has 104 valence electrons. The summed E-state index contributed by atoms with van der Waals surface area (Å²) in [6.07, 6.45) is 1.05. The summed E-state index contributed by atoms with van der Waals surface area (Å²) >= 11 is 0. The highest BCUT2D eigenvalue weighted by Crippen LogP contribution is 2.24. The maximum Gasteiger partial charge on any atom is 0.250 e. The fourth-order valence-electron chi connectivity index (χ4n) is 2.66. The largest absolute Gasteiger partial charge is 0.399 e. The second-order valence-corrected chi connectivity index (χ2v) is 5.45. The number of carbonyl (C=O) groups excluding carboxylic acids is 1. The number of carbonyl (C=O) groups is 1. The SMILES string of the molecule is CC1CN(C)CCC1Nc1cc(N)ccc1C(N)=O. The van der Waals surface area contributed by atoms with Crippen LogP contribution in [0.2, 0.25) is 0 Å². The highest BCUT2D eigenvalue weighted by atomic mass is 16.1. The molecule has 5 nitrogen and oxygen atoms in total. The standard InChI is InChI=1S/C14H22N4O/c1-9-8-18(2)6-5-12(9)17-13-7-10(15)3-4-11(13)14(16)19/h3-4,7,9,12,17H,5-6,8,15H2,1-2H3,(H2,16,19).